The topological polar surface area (TPSA) is 29.5 Å². The van der Waals surface area contributed by atoms with Gasteiger partial charge in [0.25, 0.3) is 0 Å². The van der Waals surface area contributed by atoms with Crippen molar-refractivity contribution in [2.24, 2.45) is 5.92 Å². The molecular formula is C17H24O2. The Labute approximate surface area is 116 Å². The first-order chi connectivity index (χ1) is 9.15. The Bertz CT molecular complexity index is 409. The average Bonchev–Trinajstić information content (AvgIpc) is 2.39. The molecule has 0 radical (unpaired) electrons. The van der Waals surface area contributed by atoms with Crippen LogP contribution in [0.5, 0.6) is 0 Å². The summed E-state index contributed by atoms with van der Waals surface area (Å²) in [4.78, 5) is 0. The first-order valence-corrected chi connectivity index (χ1v) is 7.22. The van der Waals surface area contributed by atoms with Crippen LogP contribution in [-0.2, 0) is 11.2 Å². The SMILES string of the molecule is CC(C)[C@@H]1C=C(CCCc2ccccc2)CC(O)O1. The Morgan fingerprint density at radius 2 is 1.95 bits per heavy atom. The third-order valence-corrected chi connectivity index (χ3v) is 3.61. The molecule has 0 spiro atoms. The molecule has 1 N–H and O–H groups in total. The van der Waals surface area contributed by atoms with Crippen molar-refractivity contribution >= 4 is 0 Å². The second kappa shape index (κ2) is 6.88. The van der Waals surface area contributed by atoms with E-state index in [4.69, 9.17) is 4.74 Å². The van der Waals surface area contributed by atoms with Gasteiger partial charge in [0, 0.05) is 6.42 Å². The van der Waals surface area contributed by atoms with E-state index >= 15 is 0 Å². The van der Waals surface area contributed by atoms with Crippen LogP contribution < -0.4 is 0 Å². The van der Waals surface area contributed by atoms with Crippen LogP contribution in [0.4, 0.5) is 0 Å². The van der Waals surface area contributed by atoms with Gasteiger partial charge in [0.15, 0.2) is 6.29 Å². The zero-order chi connectivity index (χ0) is 13.7. The van der Waals surface area contributed by atoms with Crippen LogP contribution in [-0.4, -0.2) is 17.5 Å². The standard InChI is InChI=1S/C17H24O2/c1-13(2)16-11-15(12-17(18)19-16)10-6-9-14-7-4-3-5-8-14/h3-5,7-8,11,13,16-18H,6,9-10,12H2,1-2H3/t16-,17?/m0/s1. The largest absolute Gasteiger partial charge is 0.368 e. The zero-order valence-electron chi connectivity index (χ0n) is 11.9. The number of rotatable bonds is 5. The van der Waals surface area contributed by atoms with Gasteiger partial charge >= 0.3 is 0 Å². The fourth-order valence-electron chi connectivity index (χ4n) is 2.49. The normalized spacial score (nSPS) is 23.5. The fraction of sp³-hybridized carbons (Fsp3) is 0.529. The molecule has 2 nitrogen and oxygen atoms in total. The average molecular weight is 260 g/mol. The summed E-state index contributed by atoms with van der Waals surface area (Å²) >= 11 is 0. The molecule has 2 atom stereocenters. The highest BCUT2D eigenvalue weighted by Crippen LogP contribution is 2.25. The maximum Gasteiger partial charge on any atom is 0.159 e. The van der Waals surface area contributed by atoms with Crippen LogP contribution in [0.1, 0.15) is 38.7 Å². The van der Waals surface area contributed by atoms with Gasteiger partial charge in [-0.2, -0.15) is 0 Å². The van der Waals surface area contributed by atoms with E-state index in [2.05, 4.69) is 44.2 Å². The Balaban J connectivity index is 1.85. The van der Waals surface area contributed by atoms with Gasteiger partial charge in [-0.1, -0.05) is 55.8 Å². The molecule has 0 saturated carbocycles. The van der Waals surface area contributed by atoms with Gasteiger partial charge in [0.1, 0.15) is 0 Å². The minimum Gasteiger partial charge on any atom is -0.368 e. The Morgan fingerprint density at radius 1 is 1.21 bits per heavy atom. The van der Waals surface area contributed by atoms with Crippen LogP contribution in [0, 0.1) is 5.92 Å². The van der Waals surface area contributed by atoms with E-state index in [0.717, 1.165) is 19.3 Å². The van der Waals surface area contributed by atoms with Crippen molar-refractivity contribution in [3.8, 4) is 0 Å². The molecule has 0 fully saturated rings. The van der Waals surface area contributed by atoms with Gasteiger partial charge in [-0.05, 0) is 30.7 Å². The van der Waals surface area contributed by atoms with Crippen molar-refractivity contribution in [1.82, 2.24) is 0 Å². The highest BCUT2D eigenvalue weighted by molar-refractivity contribution is 5.15. The predicted octanol–water partition coefficient (Wildman–Crippen LogP) is 3.70. The second-order valence-electron chi connectivity index (χ2n) is 5.67. The van der Waals surface area contributed by atoms with Gasteiger partial charge in [-0.3, -0.25) is 0 Å². The van der Waals surface area contributed by atoms with E-state index in [1.165, 1.54) is 11.1 Å². The molecule has 0 aliphatic carbocycles. The molecule has 0 saturated heterocycles. The smallest absolute Gasteiger partial charge is 0.159 e. The first-order valence-electron chi connectivity index (χ1n) is 7.22. The van der Waals surface area contributed by atoms with Crippen LogP contribution in [0.25, 0.3) is 0 Å². The van der Waals surface area contributed by atoms with E-state index in [1.807, 2.05) is 6.07 Å². The van der Waals surface area contributed by atoms with Crippen molar-refractivity contribution in [1.29, 1.82) is 0 Å². The lowest BCUT2D eigenvalue weighted by Gasteiger charge is -2.28. The molecule has 0 amide bonds. The lowest BCUT2D eigenvalue weighted by molar-refractivity contribution is -0.139. The number of aliphatic hydroxyl groups is 1. The van der Waals surface area contributed by atoms with Gasteiger partial charge in [0.05, 0.1) is 6.10 Å². The number of aliphatic hydroxyl groups excluding tert-OH is 1. The number of ether oxygens (including phenoxy) is 1. The number of benzene rings is 1. The first kappa shape index (κ1) is 14.3. The van der Waals surface area contributed by atoms with E-state index in [1.54, 1.807) is 0 Å². The van der Waals surface area contributed by atoms with Gasteiger partial charge in [-0.15, -0.1) is 0 Å². The zero-order valence-corrected chi connectivity index (χ0v) is 11.9. The third-order valence-electron chi connectivity index (χ3n) is 3.61. The molecule has 1 aromatic carbocycles. The van der Waals surface area contributed by atoms with Crippen molar-refractivity contribution in [3.63, 3.8) is 0 Å². The highest BCUT2D eigenvalue weighted by atomic mass is 16.6. The minimum absolute atomic E-state index is 0.0653. The molecule has 1 heterocycles. The van der Waals surface area contributed by atoms with Gasteiger partial charge in [-0.25, -0.2) is 0 Å². The van der Waals surface area contributed by atoms with Crippen LogP contribution in [0.3, 0.4) is 0 Å². The van der Waals surface area contributed by atoms with Crippen molar-refractivity contribution in [2.75, 3.05) is 0 Å². The van der Waals surface area contributed by atoms with E-state index in [9.17, 15) is 5.11 Å². The molecule has 0 aromatic heterocycles. The molecule has 1 aliphatic heterocycles. The second-order valence-corrected chi connectivity index (χ2v) is 5.67. The van der Waals surface area contributed by atoms with Crippen LogP contribution in [0.2, 0.25) is 0 Å². The number of hydrogen-bond donors (Lipinski definition) is 1. The Hall–Kier alpha value is -1.12. The summed E-state index contributed by atoms with van der Waals surface area (Å²) in [6.07, 6.45) is 5.60. The number of hydrogen-bond acceptors (Lipinski definition) is 2. The van der Waals surface area contributed by atoms with Crippen molar-refractivity contribution in [3.05, 3.63) is 47.5 Å². The van der Waals surface area contributed by atoms with E-state index < -0.39 is 6.29 Å². The lowest BCUT2D eigenvalue weighted by Crippen LogP contribution is -2.29. The predicted molar refractivity (Wildman–Crippen MR) is 77.8 cm³/mol. The summed E-state index contributed by atoms with van der Waals surface area (Å²) in [7, 11) is 0. The molecule has 2 heteroatoms. The Morgan fingerprint density at radius 3 is 2.63 bits per heavy atom. The molecule has 2 rings (SSSR count). The summed E-state index contributed by atoms with van der Waals surface area (Å²) in [6.45, 7) is 4.25. The molecule has 0 bridgehead atoms. The summed E-state index contributed by atoms with van der Waals surface area (Å²) in [6, 6.07) is 10.6. The van der Waals surface area contributed by atoms with E-state index in [-0.39, 0.29) is 6.10 Å². The maximum absolute atomic E-state index is 9.75. The third kappa shape index (κ3) is 4.48. The molecule has 1 aliphatic rings. The lowest BCUT2D eigenvalue weighted by atomic mass is 9.95. The molecular weight excluding hydrogens is 236 g/mol. The summed E-state index contributed by atoms with van der Waals surface area (Å²) < 4.78 is 5.52. The molecule has 104 valence electrons. The van der Waals surface area contributed by atoms with Crippen LogP contribution >= 0.6 is 0 Å². The van der Waals surface area contributed by atoms with Gasteiger partial charge in [0.2, 0.25) is 0 Å². The summed E-state index contributed by atoms with van der Waals surface area (Å²) in [5.74, 6) is 0.416. The van der Waals surface area contributed by atoms with E-state index in [0.29, 0.717) is 12.3 Å². The highest BCUT2D eigenvalue weighted by Gasteiger charge is 2.22. The molecule has 1 unspecified atom stereocenters. The van der Waals surface area contributed by atoms with Gasteiger partial charge < -0.3 is 9.84 Å². The minimum atomic E-state index is -0.621. The molecule has 1 aromatic rings. The maximum atomic E-state index is 9.75. The fourth-order valence-corrected chi connectivity index (χ4v) is 2.49. The number of aryl methyl sites for hydroxylation is 1. The summed E-state index contributed by atoms with van der Waals surface area (Å²) in [5.41, 5.74) is 2.73. The molecule has 19 heavy (non-hydrogen) atoms. The van der Waals surface area contributed by atoms with Crippen molar-refractivity contribution < 1.29 is 9.84 Å². The van der Waals surface area contributed by atoms with Crippen LogP contribution in [0.15, 0.2) is 42.0 Å². The monoisotopic (exact) mass is 260 g/mol. The quantitative estimate of drug-likeness (QED) is 0.818. The van der Waals surface area contributed by atoms with Crippen molar-refractivity contribution in [2.45, 2.75) is 51.9 Å². The Kier molecular flexibility index (Phi) is 5.17. The summed E-state index contributed by atoms with van der Waals surface area (Å²) in [5, 5.41) is 9.75.